The lowest BCUT2D eigenvalue weighted by Crippen LogP contribution is -2.33. The maximum atomic E-state index is 12.3. The molecule has 0 atom stereocenters. The topological polar surface area (TPSA) is 20.3 Å². The molecular weight excluding hydrogens is 266 g/mol. The van der Waals surface area contributed by atoms with Gasteiger partial charge in [0.25, 0.3) is 5.91 Å². The lowest BCUT2D eigenvalue weighted by Gasteiger charge is -2.21. The van der Waals surface area contributed by atoms with Gasteiger partial charge in [0.15, 0.2) is 0 Å². The maximum Gasteiger partial charge on any atom is 0.254 e. The fourth-order valence-electron chi connectivity index (χ4n) is 1.95. The van der Waals surface area contributed by atoms with Crippen LogP contribution in [0.15, 0.2) is 22.7 Å². The van der Waals surface area contributed by atoms with Gasteiger partial charge < -0.3 is 4.90 Å². The number of benzene rings is 1. The molecule has 16 heavy (non-hydrogen) atoms. The van der Waals surface area contributed by atoms with Crippen LogP contribution in [0.3, 0.4) is 0 Å². The number of amides is 1. The van der Waals surface area contributed by atoms with Gasteiger partial charge >= 0.3 is 0 Å². The molecule has 0 radical (unpaired) electrons. The van der Waals surface area contributed by atoms with Crippen molar-refractivity contribution in [2.75, 3.05) is 6.54 Å². The molecule has 0 saturated heterocycles. The van der Waals surface area contributed by atoms with E-state index in [0.717, 1.165) is 35.0 Å². The Morgan fingerprint density at radius 3 is 2.75 bits per heavy atom. The first kappa shape index (κ1) is 11.6. The number of hydrogen-bond acceptors (Lipinski definition) is 1. The molecule has 2 nitrogen and oxygen atoms in total. The third-order valence-electron chi connectivity index (χ3n) is 3.09. The summed E-state index contributed by atoms with van der Waals surface area (Å²) in [6.07, 6.45) is 2.32. The van der Waals surface area contributed by atoms with Gasteiger partial charge in [0.2, 0.25) is 0 Å². The molecule has 86 valence electrons. The van der Waals surface area contributed by atoms with Crippen molar-refractivity contribution in [3.8, 4) is 0 Å². The van der Waals surface area contributed by atoms with Crippen LogP contribution in [0, 0.1) is 6.92 Å². The van der Waals surface area contributed by atoms with Crippen LogP contribution in [0.5, 0.6) is 0 Å². The van der Waals surface area contributed by atoms with E-state index >= 15 is 0 Å². The monoisotopic (exact) mass is 281 g/mol. The van der Waals surface area contributed by atoms with Crippen LogP contribution in [0.2, 0.25) is 0 Å². The first-order valence-corrected chi connectivity index (χ1v) is 6.50. The third-order valence-corrected chi connectivity index (χ3v) is 3.95. The molecule has 3 heteroatoms. The van der Waals surface area contributed by atoms with E-state index in [0.29, 0.717) is 6.04 Å². The number of nitrogens with zero attached hydrogens (tertiary/aromatic N) is 1. The molecule has 2 rings (SSSR count). The van der Waals surface area contributed by atoms with Crippen LogP contribution < -0.4 is 0 Å². The van der Waals surface area contributed by atoms with Crippen LogP contribution in [-0.4, -0.2) is 23.4 Å². The van der Waals surface area contributed by atoms with Gasteiger partial charge in [-0.1, -0.05) is 22.0 Å². The summed E-state index contributed by atoms with van der Waals surface area (Å²) in [6.45, 7) is 4.83. The Balaban J connectivity index is 2.28. The second-order valence-corrected chi connectivity index (χ2v) is 5.09. The lowest BCUT2D eigenvalue weighted by atomic mass is 10.1. The van der Waals surface area contributed by atoms with Crippen molar-refractivity contribution in [3.05, 3.63) is 33.8 Å². The second kappa shape index (κ2) is 4.58. The Bertz CT molecular complexity index is 412. The average molecular weight is 282 g/mol. The summed E-state index contributed by atoms with van der Waals surface area (Å²) in [6, 6.07) is 6.29. The summed E-state index contributed by atoms with van der Waals surface area (Å²) in [5, 5.41) is 0. The van der Waals surface area contributed by atoms with Crippen molar-refractivity contribution >= 4 is 21.8 Å². The van der Waals surface area contributed by atoms with Crippen LogP contribution in [-0.2, 0) is 0 Å². The number of rotatable bonds is 3. The third kappa shape index (κ3) is 2.14. The zero-order chi connectivity index (χ0) is 11.7. The van der Waals surface area contributed by atoms with Crippen molar-refractivity contribution in [1.29, 1.82) is 0 Å². The predicted octanol–water partition coefficient (Wildman–Crippen LogP) is 3.38. The molecule has 0 aromatic heterocycles. The Morgan fingerprint density at radius 2 is 2.19 bits per heavy atom. The minimum atomic E-state index is 0.170. The van der Waals surface area contributed by atoms with Crippen molar-refractivity contribution in [3.63, 3.8) is 0 Å². The van der Waals surface area contributed by atoms with E-state index in [1.165, 1.54) is 0 Å². The number of carbonyl (C=O) groups is 1. The molecule has 0 unspecified atom stereocenters. The fourth-order valence-corrected chi connectivity index (χ4v) is 2.31. The normalized spacial score (nSPS) is 14.9. The maximum absolute atomic E-state index is 12.3. The molecule has 0 heterocycles. The standard InChI is InChI=1S/C13H16BrNO/c1-3-15(10-7-8-10)13(16)11-5-4-6-12(14)9(11)2/h4-6,10H,3,7-8H2,1-2H3. The highest BCUT2D eigenvalue weighted by Gasteiger charge is 2.32. The van der Waals surface area contributed by atoms with Crippen LogP contribution in [0.25, 0.3) is 0 Å². The predicted molar refractivity (Wildman–Crippen MR) is 68.6 cm³/mol. The van der Waals surface area contributed by atoms with Crippen molar-refractivity contribution < 1.29 is 4.79 Å². The molecule has 1 aliphatic carbocycles. The Hall–Kier alpha value is -0.830. The lowest BCUT2D eigenvalue weighted by molar-refractivity contribution is 0.0751. The van der Waals surface area contributed by atoms with E-state index < -0.39 is 0 Å². The number of carbonyl (C=O) groups excluding carboxylic acids is 1. The molecule has 1 amide bonds. The number of halogens is 1. The molecule has 0 bridgehead atoms. The van der Waals surface area contributed by atoms with Gasteiger partial charge in [0.05, 0.1) is 0 Å². The number of hydrogen-bond donors (Lipinski definition) is 0. The molecule has 0 spiro atoms. The van der Waals surface area contributed by atoms with Gasteiger partial charge in [-0.15, -0.1) is 0 Å². The van der Waals surface area contributed by atoms with Gasteiger partial charge in [-0.2, -0.15) is 0 Å². The molecule has 0 N–H and O–H groups in total. The summed E-state index contributed by atoms with van der Waals surface area (Å²) in [7, 11) is 0. The SMILES string of the molecule is CCN(C(=O)c1cccc(Br)c1C)C1CC1. The molecule has 1 saturated carbocycles. The smallest absolute Gasteiger partial charge is 0.254 e. The van der Waals surface area contributed by atoms with Crippen molar-refractivity contribution in [2.24, 2.45) is 0 Å². The molecular formula is C13H16BrNO. The van der Waals surface area contributed by atoms with Crippen LogP contribution in [0.4, 0.5) is 0 Å². The van der Waals surface area contributed by atoms with Gasteiger partial charge in [0.1, 0.15) is 0 Å². The van der Waals surface area contributed by atoms with Crippen LogP contribution >= 0.6 is 15.9 Å². The van der Waals surface area contributed by atoms with Gasteiger partial charge in [0, 0.05) is 22.6 Å². The first-order chi connectivity index (χ1) is 7.65. The molecule has 1 aromatic rings. The summed E-state index contributed by atoms with van der Waals surface area (Å²) in [5.41, 5.74) is 1.86. The Labute approximate surface area is 105 Å². The van der Waals surface area contributed by atoms with E-state index in [9.17, 15) is 4.79 Å². The summed E-state index contributed by atoms with van der Waals surface area (Å²) >= 11 is 3.47. The Morgan fingerprint density at radius 1 is 1.50 bits per heavy atom. The quantitative estimate of drug-likeness (QED) is 0.832. The highest BCUT2D eigenvalue weighted by molar-refractivity contribution is 9.10. The van der Waals surface area contributed by atoms with Gasteiger partial charge in [-0.25, -0.2) is 0 Å². The minimum absolute atomic E-state index is 0.170. The largest absolute Gasteiger partial charge is 0.336 e. The molecule has 1 fully saturated rings. The van der Waals surface area contributed by atoms with E-state index in [1.54, 1.807) is 0 Å². The molecule has 1 aliphatic rings. The average Bonchev–Trinajstić information content (AvgIpc) is 3.07. The van der Waals surface area contributed by atoms with E-state index in [4.69, 9.17) is 0 Å². The van der Waals surface area contributed by atoms with Crippen molar-refractivity contribution in [2.45, 2.75) is 32.7 Å². The molecule has 1 aromatic carbocycles. The van der Waals surface area contributed by atoms with E-state index in [2.05, 4.69) is 15.9 Å². The minimum Gasteiger partial charge on any atom is -0.336 e. The summed E-state index contributed by atoms with van der Waals surface area (Å²) < 4.78 is 1.00. The molecule has 0 aliphatic heterocycles. The fraction of sp³-hybridized carbons (Fsp3) is 0.462. The van der Waals surface area contributed by atoms with Gasteiger partial charge in [-0.3, -0.25) is 4.79 Å². The zero-order valence-electron chi connectivity index (χ0n) is 9.66. The first-order valence-electron chi connectivity index (χ1n) is 5.71. The highest BCUT2D eigenvalue weighted by atomic mass is 79.9. The van der Waals surface area contributed by atoms with Crippen LogP contribution in [0.1, 0.15) is 35.7 Å². The van der Waals surface area contributed by atoms with Crippen molar-refractivity contribution in [1.82, 2.24) is 4.90 Å². The van der Waals surface area contributed by atoms with E-state index in [-0.39, 0.29) is 5.91 Å². The Kier molecular flexibility index (Phi) is 3.33. The second-order valence-electron chi connectivity index (χ2n) is 4.23. The highest BCUT2D eigenvalue weighted by Crippen LogP contribution is 2.29. The van der Waals surface area contributed by atoms with E-state index in [1.807, 2.05) is 36.9 Å². The summed E-state index contributed by atoms with van der Waals surface area (Å²) in [4.78, 5) is 14.3. The zero-order valence-corrected chi connectivity index (χ0v) is 11.3. The van der Waals surface area contributed by atoms with Gasteiger partial charge in [-0.05, 0) is 44.4 Å². The summed E-state index contributed by atoms with van der Waals surface area (Å²) in [5.74, 6) is 0.170.